The number of hydrogen-bond donors (Lipinski definition) is 2. The molecule has 3 nitrogen and oxygen atoms in total. The molecule has 0 rings (SSSR count). The van der Waals surface area contributed by atoms with E-state index < -0.39 is 0 Å². The van der Waals surface area contributed by atoms with Crippen molar-refractivity contribution in [2.45, 2.75) is 6.92 Å². The summed E-state index contributed by atoms with van der Waals surface area (Å²) in [5.41, 5.74) is 0. The summed E-state index contributed by atoms with van der Waals surface area (Å²) in [6.07, 6.45) is 0. The van der Waals surface area contributed by atoms with Crippen molar-refractivity contribution in [2.75, 3.05) is 7.05 Å². The summed E-state index contributed by atoms with van der Waals surface area (Å²) in [7, 11) is 1.41. The first-order valence-corrected chi connectivity index (χ1v) is 1.62. The van der Waals surface area contributed by atoms with Crippen molar-refractivity contribution in [1.82, 2.24) is 5.06 Å². The van der Waals surface area contributed by atoms with Gasteiger partial charge in [-0.25, -0.2) is 5.06 Å². The zero-order valence-corrected chi connectivity index (χ0v) is 3.89. The highest BCUT2D eigenvalue weighted by Gasteiger charge is 1.84. The minimum Gasteiger partial charge on any atom is -0.288 e. The van der Waals surface area contributed by atoms with Crippen molar-refractivity contribution >= 4 is 5.84 Å². The Labute approximate surface area is 36.7 Å². The standard InChI is InChI=1S/C3H8N2O/c1-3(4)5(2)6/h4,6H,1-2H3. The molecule has 0 aliphatic heterocycles. The summed E-state index contributed by atoms with van der Waals surface area (Å²) in [4.78, 5) is 0. The van der Waals surface area contributed by atoms with Crippen LogP contribution in [0.3, 0.4) is 0 Å². The van der Waals surface area contributed by atoms with Crippen LogP contribution in [0.1, 0.15) is 6.92 Å². The predicted molar refractivity (Wildman–Crippen MR) is 23.0 cm³/mol. The molecule has 6 heavy (non-hydrogen) atoms. The van der Waals surface area contributed by atoms with Gasteiger partial charge in [-0.2, -0.15) is 0 Å². The van der Waals surface area contributed by atoms with Gasteiger partial charge in [0.25, 0.3) is 0 Å². The third-order valence-electron chi connectivity index (χ3n) is 0.485. The summed E-state index contributed by atoms with van der Waals surface area (Å²) in [6, 6.07) is 0. The Bertz CT molecular complexity index is 59.8. The largest absolute Gasteiger partial charge is 0.288 e. The quantitative estimate of drug-likeness (QED) is 0.254. The molecule has 0 unspecified atom stereocenters. The summed E-state index contributed by atoms with van der Waals surface area (Å²) in [5.74, 6) is 0.148. The maximum Gasteiger partial charge on any atom is 0.117 e. The molecule has 0 fully saturated rings. The zero-order chi connectivity index (χ0) is 5.15. The molecule has 0 radical (unpaired) electrons. The first kappa shape index (κ1) is 5.43. The number of nitrogens with one attached hydrogen (secondary N) is 1. The maximum atomic E-state index is 8.24. The third kappa shape index (κ3) is 1.72. The first-order chi connectivity index (χ1) is 2.64. The highest BCUT2D eigenvalue weighted by Crippen LogP contribution is 1.70. The molecular formula is C3H8N2O. The van der Waals surface area contributed by atoms with E-state index in [1.807, 2.05) is 0 Å². The Kier molecular flexibility index (Phi) is 1.60. The maximum absolute atomic E-state index is 8.24. The van der Waals surface area contributed by atoms with E-state index in [0.717, 1.165) is 5.06 Å². The highest BCUT2D eigenvalue weighted by molar-refractivity contribution is 5.74. The van der Waals surface area contributed by atoms with Gasteiger partial charge in [0, 0.05) is 7.05 Å². The highest BCUT2D eigenvalue weighted by atomic mass is 16.5. The molecule has 0 atom stereocenters. The molecule has 0 saturated carbocycles. The van der Waals surface area contributed by atoms with Crippen molar-refractivity contribution in [1.29, 1.82) is 5.41 Å². The molecule has 0 aromatic carbocycles. The van der Waals surface area contributed by atoms with E-state index >= 15 is 0 Å². The monoisotopic (exact) mass is 88.1 g/mol. The molecule has 36 valence electrons. The molecular weight excluding hydrogens is 80.0 g/mol. The van der Waals surface area contributed by atoms with Crippen LogP contribution in [0, 0.1) is 5.41 Å². The molecule has 3 heteroatoms. The second kappa shape index (κ2) is 1.77. The molecule has 0 aromatic rings. The minimum absolute atomic E-state index is 0.148. The van der Waals surface area contributed by atoms with Gasteiger partial charge in [-0.15, -0.1) is 0 Å². The Morgan fingerprint density at radius 3 is 2.00 bits per heavy atom. The van der Waals surface area contributed by atoms with Gasteiger partial charge in [0.15, 0.2) is 0 Å². The van der Waals surface area contributed by atoms with Crippen LogP contribution >= 0.6 is 0 Å². The number of rotatable bonds is 0. The predicted octanol–water partition coefficient (Wildman–Crippen LogP) is 0.305. The lowest BCUT2D eigenvalue weighted by molar-refractivity contribution is 0.0119. The van der Waals surface area contributed by atoms with E-state index in [1.165, 1.54) is 14.0 Å². The average molecular weight is 88.1 g/mol. The van der Waals surface area contributed by atoms with Crippen molar-refractivity contribution in [2.24, 2.45) is 0 Å². The molecule has 0 bridgehead atoms. The molecule has 0 spiro atoms. The van der Waals surface area contributed by atoms with E-state index in [0.29, 0.717) is 0 Å². The van der Waals surface area contributed by atoms with Gasteiger partial charge in [-0.3, -0.25) is 10.6 Å². The molecule has 2 N–H and O–H groups in total. The Morgan fingerprint density at radius 2 is 2.00 bits per heavy atom. The molecule has 0 heterocycles. The number of nitrogens with zero attached hydrogens (tertiary/aromatic N) is 1. The molecule has 0 aromatic heterocycles. The number of amidine groups is 1. The lowest BCUT2D eigenvalue weighted by Crippen LogP contribution is -2.17. The summed E-state index contributed by atoms with van der Waals surface area (Å²) in [6.45, 7) is 1.50. The number of hydrogen-bond acceptors (Lipinski definition) is 2. The fourth-order valence-electron chi connectivity index (χ4n) is 0. The topological polar surface area (TPSA) is 47.3 Å². The van der Waals surface area contributed by atoms with E-state index in [1.54, 1.807) is 0 Å². The van der Waals surface area contributed by atoms with Crippen molar-refractivity contribution in [3.05, 3.63) is 0 Å². The minimum atomic E-state index is 0.148. The number of hydroxylamine groups is 2. The Balaban J connectivity index is 3.26. The second-order valence-corrected chi connectivity index (χ2v) is 1.11. The van der Waals surface area contributed by atoms with E-state index in [9.17, 15) is 0 Å². The molecule has 0 aliphatic rings. The van der Waals surface area contributed by atoms with Crippen molar-refractivity contribution in [3.63, 3.8) is 0 Å². The van der Waals surface area contributed by atoms with Crippen LogP contribution in [-0.2, 0) is 0 Å². The Hall–Kier alpha value is -0.570. The van der Waals surface area contributed by atoms with Gasteiger partial charge in [0.1, 0.15) is 5.84 Å². The van der Waals surface area contributed by atoms with E-state index in [-0.39, 0.29) is 5.84 Å². The van der Waals surface area contributed by atoms with Gasteiger partial charge in [0.2, 0.25) is 0 Å². The molecule has 0 amide bonds. The molecule has 0 aliphatic carbocycles. The van der Waals surface area contributed by atoms with Gasteiger partial charge in [-0.05, 0) is 6.92 Å². The van der Waals surface area contributed by atoms with Crippen LogP contribution in [0.15, 0.2) is 0 Å². The Morgan fingerprint density at radius 1 is 1.83 bits per heavy atom. The van der Waals surface area contributed by atoms with Gasteiger partial charge >= 0.3 is 0 Å². The first-order valence-electron chi connectivity index (χ1n) is 1.62. The van der Waals surface area contributed by atoms with Gasteiger partial charge < -0.3 is 0 Å². The third-order valence-corrected chi connectivity index (χ3v) is 0.485. The van der Waals surface area contributed by atoms with E-state index in [4.69, 9.17) is 10.6 Å². The fraction of sp³-hybridized carbons (Fsp3) is 0.667. The van der Waals surface area contributed by atoms with Crippen LogP contribution in [0.5, 0.6) is 0 Å². The van der Waals surface area contributed by atoms with Crippen LogP contribution in [0.4, 0.5) is 0 Å². The summed E-state index contributed by atoms with van der Waals surface area (Å²) in [5, 5.41) is 15.6. The summed E-state index contributed by atoms with van der Waals surface area (Å²) < 4.78 is 0. The lowest BCUT2D eigenvalue weighted by atomic mass is 10.7. The second-order valence-electron chi connectivity index (χ2n) is 1.11. The zero-order valence-electron chi connectivity index (χ0n) is 3.89. The van der Waals surface area contributed by atoms with Crippen LogP contribution in [-0.4, -0.2) is 23.2 Å². The van der Waals surface area contributed by atoms with E-state index in [2.05, 4.69) is 0 Å². The van der Waals surface area contributed by atoms with Crippen LogP contribution < -0.4 is 0 Å². The fourth-order valence-corrected chi connectivity index (χ4v) is 0. The van der Waals surface area contributed by atoms with Crippen LogP contribution in [0.2, 0.25) is 0 Å². The van der Waals surface area contributed by atoms with Gasteiger partial charge in [-0.1, -0.05) is 0 Å². The van der Waals surface area contributed by atoms with Crippen molar-refractivity contribution < 1.29 is 5.21 Å². The normalized spacial score (nSPS) is 7.83. The smallest absolute Gasteiger partial charge is 0.117 e. The summed E-state index contributed by atoms with van der Waals surface area (Å²) >= 11 is 0. The SMILES string of the molecule is CC(=N)N(C)O. The lowest BCUT2D eigenvalue weighted by Gasteiger charge is -2.03. The van der Waals surface area contributed by atoms with Crippen LogP contribution in [0.25, 0.3) is 0 Å². The van der Waals surface area contributed by atoms with Crippen molar-refractivity contribution in [3.8, 4) is 0 Å². The average Bonchev–Trinajstić information content (AvgIpc) is 1.36. The molecule has 0 saturated heterocycles. The van der Waals surface area contributed by atoms with Gasteiger partial charge in [0.05, 0.1) is 0 Å².